The number of aliphatic hydroxyl groups excluding tert-OH is 1. The summed E-state index contributed by atoms with van der Waals surface area (Å²) in [4.78, 5) is 20.1. The van der Waals surface area contributed by atoms with Crippen molar-refractivity contribution in [3.05, 3.63) is 60.2 Å². The molecule has 4 aromatic rings. The molecule has 0 radical (unpaired) electrons. The van der Waals surface area contributed by atoms with Gasteiger partial charge in [0, 0.05) is 19.4 Å². The van der Waals surface area contributed by atoms with Crippen molar-refractivity contribution >= 4 is 16.7 Å². The van der Waals surface area contributed by atoms with E-state index in [1.165, 1.54) is 6.33 Å². The number of aromatic amines is 1. The summed E-state index contributed by atoms with van der Waals surface area (Å²) in [6, 6.07) is 13.7. The lowest BCUT2D eigenvalue weighted by molar-refractivity contribution is -0.121. The van der Waals surface area contributed by atoms with E-state index in [-0.39, 0.29) is 18.9 Å². The fourth-order valence-electron chi connectivity index (χ4n) is 2.82. The molecular formula is C19H18N6O3. The Labute approximate surface area is 159 Å². The highest BCUT2D eigenvalue weighted by Gasteiger charge is 2.14. The normalized spacial score (nSPS) is 12.2. The van der Waals surface area contributed by atoms with Crippen molar-refractivity contribution in [2.75, 3.05) is 6.54 Å². The summed E-state index contributed by atoms with van der Waals surface area (Å²) in [6.45, 7) is 0.129. The van der Waals surface area contributed by atoms with Gasteiger partial charge < -0.3 is 14.9 Å². The number of nitrogens with one attached hydrogen (secondary N) is 2. The first-order valence-electron chi connectivity index (χ1n) is 8.81. The van der Waals surface area contributed by atoms with Crippen LogP contribution in [-0.2, 0) is 11.2 Å². The average molecular weight is 378 g/mol. The number of hydrogen-bond acceptors (Lipinski definition) is 7. The number of benzene rings is 2. The van der Waals surface area contributed by atoms with Gasteiger partial charge in [-0.15, -0.1) is 0 Å². The van der Waals surface area contributed by atoms with E-state index >= 15 is 0 Å². The molecule has 3 N–H and O–H groups in total. The van der Waals surface area contributed by atoms with Crippen molar-refractivity contribution in [3.63, 3.8) is 0 Å². The molecule has 2 aromatic heterocycles. The predicted octanol–water partition coefficient (Wildman–Crippen LogP) is 1.79. The maximum atomic E-state index is 12.1. The maximum Gasteiger partial charge on any atom is 0.239 e. The molecule has 9 nitrogen and oxygen atoms in total. The molecule has 142 valence electrons. The molecule has 0 aliphatic carbocycles. The Morgan fingerprint density at radius 3 is 2.89 bits per heavy atom. The fourth-order valence-corrected chi connectivity index (χ4v) is 2.82. The van der Waals surface area contributed by atoms with Crippen LogP contribution in [0.15, 0.2) is 53.3 Å². The molecule has 2 aromatic carbocycles. The molecular weight excluding hydrogens is 360 g/mol. The molecule has 9 heteroatoms. The van der Waals surface area contributed by atoms with Gasteiger partial charge in [-0.25, -0.2) is 4.98 Å². The largest absolute Gasteiger partial charge is 0.387 e. The van der Waals surface area contributed by atoms with Gasteiger partial charge in [-0.3, -0.25) is 9.89 Å². The Bertz CT molecular complexity index is 1080. The zero-order valence-corrected chi connectivity index (χ0v) is 14.9. The van der Waals surface area contributed by atoms with Crippen LogP contribution in [0.3, 0.4) is 0 Å². The van der Waals surface area contributed by atoms with Crippen LogP contribution in [0.1, 0.15) is 24.0 Å². The van der Waals surface area contributed by atoms with Crippen LogP contribution in [0.2, 0.25) is 0 Å². The van der Waals surface area contributed by atoms with Gasteiger partial charge >= 0.3 is 0 Å². The van der Waals surface area contributed by atoms with E-state index in [9.17, 15) is 9.90 Å². The molecule has 2 heterocycles. The van der Waals surface area contributed by atoms with Crippen LogP contribution in [-0.4, -0.2) is 42.9 Å². The van der Waals surface area contributed by atoms with E-state index in [1.807, 2.05) is 42.5 Å². The van der Waals surface area contributed by atoms with Gasteiger partial charge in [0.2, 0.25) is 17.6 Å². The minimum atomic E-state index is -0.782. The quantitative estimate of drug-likeness (QED) is 0.447. The second-order valence-corrected chi connectivity index (χ2v) is 6.27. The number of aliphatic hydroxyl groups is 1. The number of carbonyl (C=O) groups is 1. The van der Waals surface area contributed by atoms with Crippen LogP contribution >= 0.6 is 0 Å². The van der Waals surface area contributed by atoms with E-state index in [0.717, 1.165) is 16.3 Å². The second kappa shape index (κ2) is 7.97. The molecule has 1 atom stereocenters. The number of rotatable bonds is 7. The van der Waals surface area contributed by atoms with Crippen molar-refractivity contribution in [2.24, 2.45) is 0 Å². The summed E-state index contributed by atoms with van der Waals surface area (Å²) in [5.41, 5.74) is 0.757. The number of fused-ring (bicyclic) bond motifs is 1. The smallest absolute Gasteiger partial charge is 0.239 e. The van der Waals surface area contributed by atoms with Crippen LogP contribution < -0.4 is 5.32 Å². The number of hydrogen-bond donors (Lipinski definition) is 3. The summed E-state index contributed by atoms with van der Waals surface area (Å²) >= 11 is 0. The van der Waals surface area contributed by atoms with Crippen LogP contribution in [0.5, 0.6) is 0 Å². The summed E-state index contributed by atoms with van der Waals surface area (Å²) in [5, 5.41) is 25.4. The van der Waals surface area contributed by atoms with Gasteiger partial charge in [-0.1, -0.05) is 41.6 Å². The Hall–Kier alpha value is -3.59. The van der Waals surface area contributed by atoms with Crippen molar-refractivity contribution in [1.82, 2.24) is 30.6 Å². The first kappa shape index (κ1) is 17.8. The van der Waals surface area contributed by atoms with Gasteiger partial charge in [0.25, 0.3) is 0 Å². The average Bonchev–Trinajstić information content (AvgIpc) is 3.41. The number of amides is 1. The van der Waals surface area contributed by atoms with Gasteiger partial charge in [0.1, 0.15) is 6.33 Å². The number of aromatic nitrogens is 5. The molecule has 28 heavy (non-hydrogen) atoms. The first-order valence-corrected chi connectivity index (χ1v) is 8.81. The predicted molar refractivity (Wildman–Crippen MR) is 99.9 cm³/mol. The highest BCUT2D eigenvalue weighted by molar-refractivity contribution is 5.83. The van der Waals surface area contributed by atoms with Crippen molar-refractivity contribution in [3.8, 4) is 11.6 Å². The molecule has 4 rings (SSSR count). The minimum absolute atomic E-state index is 0.129. The number of aryl methyl sites for hydroxylation is 1. The van der Waals surface area contributed by atoms with E-state index in [2.05, 4.69) is 30.6 Å². The maximum absolute atomic E-state index is 12.1. The third-order valence-corrected chi connectivity index (χ3v) is 4.31. The summed E-state index contributed by atoms with van der Waals surface area (Å²) in [7, 11) is 0. The highest BCUT2D eigenvalue weighted by Crippen LogP contribution is 2.20. The molecule has 0 saturated carbocycles. The van der Waals surface area contributed by atoms with Crippen LogP contribution in [0.25, 0.3) is 22.4 Å². The van der Waals surface area contributed by atoms with Gasteiger partial charge in [0.05, 0.1) is 6.10 Å². The Morgan fingerprint density at radius 2 is 2.07 bits per heavy atom. The Balaban J connectivity index is 1.28. The fraction of sp³-hybridized carbons (Fsp3) is 0.211. The van der Waals surface area contributed by atoms with Crippen LogP contribution in [0.4, 0.5) is 0 Å². The molecule has 0 spiro atoms. The van der Waals surface area contributed by atoms with Crippen LogP contribution in [0, 0.1) is 0 Å². The van der Waals surface area contributed by atoms with E-state index in [0.29, 0.717) is 24.0 Å². The Kier molecular flexibility index (Phi) is 5.07. The number of nitrogens with zero attached hydrogens (tertiary/aromatic N) is 4. The molecule has 0 aliphatic heterocycles. The molecule has 0 bridgehead atoms. The lowest BCUT2D eigenvalue weighted by Crippen LogP contribution is -2.28. The van der Waals surface area contributed by atoms with E-state index < -0.39 is 6.10 Å². The van der Waals surface area contributed by atoms with Crippen molar-refractivity contribution in [2.45, 2.75) is 18.9 Å². The second-order valence-electron chi connectivity index (χ2n) is 6.27. The third-order valence-electron chi connectivity index (χ3n) is 4.31. The summed E-state index contributed by atoms with van der Waals surface area (Å²) in [6.07, 6.45) is 1.02. The van der Waals surface area contributed by atoms with Gasteiger partial charge in [0.15, 0.2) is 5.82 Å². The minimum Gasteiger partial charge on any atom is -0.387 e. The van der Waals surface area contributed by atoms with E-state index in [4.69, 9.17) is 4.52 Å². The standard InChI is InChI=1S/C19H18N6O3/c26-15(14-6-5-12-3-1-2-4-13(12)9-14)10-20-16(27)7-8-17-23-19(25-28-17)18-21-11-22-24-18/h1-6,9,11,15,26H,7-8,10H2,(H,20,27)(H,21,22,24). The SMILES string of the molecule is O=C(CCc1nc(-c2ncn[nH]2)no1)NCC(O)c1ccc2ccccc2c1. The first-order chi connectivity index (χ1) is 13.7. The molecule has 1 unspecified atom stereocenters. The number of carbonyl (C=O) groups excluding carboxylic acids is 1. The Morgan fingerprint density at radius 1 is 1.21 bits per heavy atom. The molecule has 0 aliphatic rings. The molecule has 0 fully saturated rings. The number of H-pyrrole nitrogens is 1. The van der Waals surface area contributed by atoms with Crippen molar-refractivity contribution < 1.29 is 14.4 Å². The monoisotopic (exact) mass is 378 g/mol. The van der Waals surface area contributed by atoms with Gasteiger partial charge in [-0.2, -0.15) is 10.1 Å². The van der Waals surface area contributed by atoms with E-state index in [1.54, 1.807) is 0 Å². The third kappa shape index (κ3) is 4.04. The zero-order valence-electron chi connectivity index (χ0n) is 14.9. The zero-order chi connectivity index (χ0) is 19.3. The van der Waals surface area contributed by atoms with Crippen molar-refractivity contribution in [1.29, 1.82) is 0 Å². The molecule has 0 saturated heterocycles. The molecule has 1 amide bonds. The lowest BCUT2D eigenvalue weighted by atomic mass is 10.0. The lowest BCUT2D eigenvalue weighted by Gasteiger charge is -2.13. The topological polar surface area (TPSA) is 130 Å². The highest BCUT2D eigenvalue weighted by atomic mass is 16.5. The summed E-state index contributed by atoms with van der Waals surface area (Å²) in [5.74, 6) is 0.813. The summed E-state index contributed by atoms with van der Waals surface area (Å²) < 4.78 is 5.10. The van der Waals surface area contributed by atoms with Gasteiger partial charge in [-0.05, 0) is 22.4 Å².